The topological polar surface area (TPSA) is 68.0 Å². The third kappa shape index (κ3) is 2.73. The summed E-state index contributed by atoms with van der Waals surface area (Å²) in [6, 6.07) is 3.41. The number of carbonyl (C=O) groups is 1. The highest BCUT2D eigenvalue weighted by Crippen LogP contribution is 2.06. The molecule has 1 amide bonds. The number of hydrogen-bond acceptors (Lipinski definition) is 3. The van der Waals surface area contributed by atoms with Gasteiger partial charge in [-0.1, -0.05) is 0 Å². The number of nitrogens with zero attached hydrogens (tertiary/aromatic N) is 1. The van der Waals surface area contributed by atoms with Crippen LogP contribution >= 0.6 is 0 Å². The van der Waals surface area contributed by atoms with Crippen LogP contribution in [-0.4, -0.2) is 16.9 Å². The van der Waals surface area contributed by atoms with Crippen LogP contribution in [0.4, 0.5) is 5.82 Å². The number of pyridine rings is 1. The molecule has 4 nitrogen and oxygen atoms in total. The van der Waals surface area contributed by atoms with Gasteiger partial charge in [0.25, 0.3) is 5.91 Å². The number of hydrogen-bond donors (Lipinski definition) is 2. The first-order valence-electron chi connectivity index (χ1n) is 4.54. The highest BCUT2D eigenvalue weighted by atomic mass is 16.1. The number of rotatable bonds is 2. The molecule has 0 aliphatic rings. The van der Waals surface area contributed by atoms with Crippen molar-refractivity contribution in [1.82, 2.24) is 10.3 Å². The van der Waals surface area contributed by atoms with Gasteiger partial charge >= 0.3 is 0 Å². The molecule has 0 aliphatic heterocycles. The largest absolute Gasteiger partial charge is 0.384 e. The van der Waals surface area contributed by atoms with E-state index in [1.165, 1.54) is 0 Å². The monoisotopic (exact) mass is 193 g/mol. The van der Waals surface area contributed by atoms with Crippen LogP contribution in [0.2, 0.25) is 0 Å². The summed E-state index contributed by atoms with van der Waals surface area (Å²) in [5.74, 6) is 0.260. The average Bonchev–Trinajstić information content (AvgIpc) is 2.00. The van der Waals surface area contributed by atoms with Gasteiger partial charge in [-0.05, 0) is 32.9 Å². The third-order valence-corrected chi connectivity index (χ3v) is 1.66. The van der Waals surface area contributed by atoms with E-state index in [-0.39, 0.29) is 11.9 Å². The van der Waals surface area contributed by atoms with Crippen molar-refractivity contribution >= 4 is 11.7 Å². The second-order valence-electron chi connectivity index (χ2n) is 3.55. The normalized spacial score (nSPS) is 10.3. The SMILES string of the molecule is Cc1cc(C(=O)NC(C)C)cc(N)n1. The third-order valence-electron chi connectivity index (χ3n) is 1.66. The molecule has 0 fully saturated rings. The first kappa shape index (κ1) is 10.5. The molecule has 0 radical (unpaired) electrons. The average molecular weight is 193 g/mol. The van der Waals surface area contributed by atoms with Crippen LogP contribution in [0.1, 0.15) is 29.9 Å². The van der Waals surface area contributed by atoms with Crippen molar-refractivity contribution in [3.63, 3.8) is 0 Å². The summed E-state index contributed by atoms with van der Waals surface area (Å²) >= 11 is 0. The number of aryl methyl sites for hydroxylation is 1. The van der Waals surface area contributed by atoms with E-state index in [0.29, 0.717) is 11.4 Å². The van der Waals surface area contributed by atoms with E-state index >= 15 is 0 Å². The van der Waals surface area contributed by atoms with Crippen LogP contribution in [0.15, 0.2) is 12.1 Å². The number of aromatic nitrogens is 1. The smallest absolute Gasteiger partial charge is 0.251 e. The lowest BCUT2D eigenvalue weighted by atomic mass is 10.2. The molecule has 1 aromatic rings. The zero-order valence-corrected chi connectivity index (χ0v) is 8.66. The predicted molar refractivity (Wildman–Crippen MR) is 56.0 cm³/mol. The van der Waals surface area contributed by atoms with E-state index in [9.17, 15) is 4.79 Å². The van der Waals surface area contributed by atoms with Gasteiger partial charge < -0.3 is 11.1 Å². The molecule has 0 saturated carbocycles. The number of amides is 1. The Bertz CT molecular complexity index is 327. The van der Waals surface area contributed by atoms with Crippen molar-refractivity contribution in [2.75, 3.05) is 5.73 Å². The summed E-state index contributed by atoms with van der Waals surface area (Å²) in [4.78, 5) is 15.6. The lowest BCUT2D eigenvalue weighted by Gasteiger charge is -2.08. The second kappa shape index (κ2) is 4.09. The molecule has 0 unspecified atom stereocenters. The summed E-state index contributed by atoms with van der Waals surface area (Å²) in [6.45, 7) is 5.63. The highest BCUT2D eigenvalue weighted by molar-refractivity contribution is 5.95. The van der Waals surface area contributed by atoms with Gasteiger partial charge in [0.1, 0.15) is 5.82 Å². The fourth-order valence-corrected chi connectivity index (χ4v) is 1.17. The zero-order chi connectivity index (χ0) is 10.7. The van der Waals surface area contributed by atoms with Gasteiger partial charge in [-0.15, -0.1) is 0 Å². The fourth-order valence-electron chi connectivity index (χ4n) is 1.17. The molecular weight excluding hydrogens is 178 g/mol. The molecule has 76 valence electrons. The standard InChI is InChI=1S/C10H15N3O/c1-6(2)12-10(14)8-4-7(3)13-9(11)5-8/h4-6H,1-3H3,(H2,11,13)(H,12,14). The van der Waals surface area contributed by atoms with E-state index in [1.54, 1.807) is 12.1 Å². The van der Waals surface area contributed by atoms with Crippen molar-refractivity contribution in [3.8, 4) is 0 Å². The summed E-state index contributed by atoms with van der Waals surface area (Å²) in [5, 5.41) is 2.79. The number of nitrogen functional groups attached to an aromatic ring is 1. The Morgan fingerprint density at radius 1 is 1.50 bits per heavy atom. The molecule has 0 aromatic carbocycles. The van der Waals surface area contributed by atoms with E-state index < -0.39 is 0 Å². The van der Waals surface area contributed by atoms with Crippen LogP contribution in [-0.2, 0) is 0 Å². The van der Waals surface area contributed by atoms with Crippen molar-refractivity contribution < 1.29 is 4.79 Å². The number of anilines is 1. The molecule has 0 bridgehead atoms. The van der Waals surface area contributed by atoms with Crippen LogP contribution in [0.5, 0.6) is 0 Å². The summed E-state index contributed by atoms with van der Waals surface area (Å²) in [6.07, 6.45) is 0. The Balaban J connectivity index is 2.90. The second-order valence-corrected chi connectivity index (χ2v) is 3.55. The molecule has 0 spiro atoms. The van der Waals surface area contributed by atoms with Gasteiger partial charge in [-0.3, -0.25) is 4.79 Å². The van der Waals surface area contributed by atoms with E-state index in [1.807, 2.05) is 20.8 Å². The maximum atomic E-state index is 11.6. The van der Waals surface area contributed by atoms with E-state index in [4.69, 9.17) is 5.73 Å². The van der Waals surface area contributed by atoms with Crippen LogP contribution in [0.3, 0.4) is 0 Å². The lowest BCUT2D eigenvalue weighted by Crippen LogP contribution is -2.30. The Morgan fingerprint density at radius 3 is 2.64 bits per heavy atom. The Kier molecular flexibility index (Phi) is 3.06. The maximum absolute atomic E-state index is 11.6. The molecule has 1 heterocycles. The van der Waals surface area contributed by atoms with Gasteiger partial charge in [-0.25, -0.2) is 4.98 Å². The van der Waals surface area contributed by atoms with Crippen LogP contribution in [0.25, 0.3) is 0 Å². The van der Waals surface area contributed by atoms with Crippen molar-refractivity contribution in [3.05, 3.63) is 23.4 Å². The maximum Gasteiger partial charge on any atom is 0.251 e. The van der Waals surface area contributed by atoms with E-state index in [0.717, 1.165) is 5.69 Å². The fraction of sp³-hybridized carbons (Fsp3) is 0.400. The lowest BCUT2D eigenvalue weighted by molar-refractivity contribution is 0.0943. The molecule has 1 aromatic heterocycles. The van der Waals surface area contributed by atoms with E-state index in [2.05, 4.69) is 10.3 Å². The zero-order valence-electron chi connectivity index (χ0n) is 8.66. The summed E-state index contributed by atoms with van der Waals surface area (Å²) < 4.78 is 0. The minimum absolute atomic E-state index is 0.114. The minimum Gasteiger partial charge on any atom is -0.384 e. The quantitative estimate of drug-likeness (QED) is 0.739. The molecule has 4 heteroatoms. The van der Waals surface area contributed by atoms with Crippen molar-refractivity contribution in [2.24, 2.45) is 0 Å². The number of nitrogens with one attached hydrogen (secondary N) is 1. The first-order valence-corrected chi connectivity index (χ1v) is 4.54. The minimum atomic E-state index is -0.114. The van der Waals surface area contributed by atoms with Crippen molar-refractivity contribution in [2.45, 2.75) is 26.8 Å². The Hall–Kier alpha value is -1.58. The number of nitrogens with two attached hydrogens (primary N) is 1. The molecule has 0 saturated heterocycles. The molecule has 14 heavy (non-hydrogen) atoms. The van der Waals surface area contributed by atoms with Crippen LogP contribution < -0.4 is 11.1 Å². The first-order chi connectivity index (χ1) is 6.49. The predicted octanol–water partition coefficient (Wildman–Crippen LogP) is 1.11. The van der Waals surface area contributed by atoms with Gasteiger partial charge in [0.2, 0.25) is 0 Å². The molecule has 0 atom stereocenters. The Labute approximate surface area is 83.5 Å². The number of carbonyl (C=O) groups excluding carboxylic acids is 1. The Morgan fingerprint density at radius 2 is 2.14 bits per heavy atom. The van der Waals surface area contributed by atoms with Gasteiger partial charge in [0.15, 0.2) is 0 Å². The van der Waals surface area contributed by atoms with Crippen molar-refractivity contribution in [1.29, 1.82) is 0 Å². The summed E-state index contributed by atoms with van der Waals surface area (Å²) in [5.41, 5.74) is 6.84. The van der Waals surface area contributed by atoms with Crippen LogP contribution in [0, 0.1) is 6.92 Å². The molecule has 3 N–H and O–H groups in total. The van der Waals surface area contributed by atoms with Gasteiger partial charge in [0.05, 0.1) is 0 Å². The molecule has 1 rings (SSSR count). The highest BCUT2D eigenvalue weighted by Gasteiger charge is 2.08. The van der Waals surface area contributed by atoms with Gasteiger partial charge in [-0.2, -0.15) is 0 Å². The molecular formula is C10H15N3O. The summed E-state index contributed by atoms with van der Waals surface area (Å²) in [7, 11) is 0. The van der Waals surface area contributed by atoms with Gasteiger partial charge in [0, 0.05) is 17.3 Å². The molecule has 0 aliphatic carbocycles.